The zero-order valence-electron chi connectivity index (χ0n) is 12.9. The lowest BCUT2D eigenvalue weighted by atomic mass is 10.2. The summed E-state index contributed by atoms with van der Waals surface area (Å²) >= 11 is 6.00. The third-order valence-electron chi connectivity index (χ3n) is 3.52. The number of anilines is 2. The average Bonchev–Trinajstić information content (AvgIpc) is 2.56. The fourth-order valence-corrected chi connectivity index (χ4v) is 2.64. The van der Waals surface area contributed by atoms with Gasteiger partial charge in [-0.2, -0.15) is 0 Å². The molecule has 7 heteroatoms. The molecule has 0 saturated carbocycles. The third kappa shape index (κ3) is 3.44. The molecular weight excluding hydrogens is 332 g/mol. The number of nitrogens with one attached hydrogen (secondary N) is 1. The number of fused-ring (bicyclic) bond motifs is 1. The van der Waals surface area contributed by atoms with Gasteiger partial charge in [0.2, 0.25) is 5.91 Å². The maximum Gasteiger partial charge on any atom is 0.331 e. The molecule has 0 aromatic heterocycles. The summed E-state index contributed by atoms with van der Waals surface area (Å²) in [5, 5.41) is 3.28. The number of ether oxygens (including phenoxy) is 2. The van der Waals surface area contributed by atoms with E-state index < -0.39 is 5.97 Å². The first-order valence-electron chi connectivity index (χ1n) is 7.25. The molecule has 2 aromatic carbocycles. The molecule has 0 spiro atoms. The Kier molecular flexibility index (Phi) is 4.57. The van der Waals surface area contributed by atoms with Crippen molar-refractivity contribution in [1.82, 2.24) is 0 Å². The normalized spacial score (nSPS) is 13.1. The fraction of sp³-hybridized carbons (Fsp3) is 0.176. The molecule has 0 bridgehead atoms. The summed E-state index contributed by atoms with van der Waals surface area (Å²) < 4.78 is 10.4. The monoisotopic (exact) mass is 346 g/mol. The predicted octanol–water partition coefficient (Wildman–Crippen LogP) is 2.71. The van der Waals surface area contributed by atoms with Crippen molar-refractivity contribution in [2.24, 2.45) is 0 Å². The molecule has 0 radical (unpaired) electrons. The zero-order chi connectivity index (χ0) is 17.1. The number of halogens is 1. The summed E-state index contributed by atoms with van der Waals surface area (Å²) in [6.45, 7) is -0.0345. The molecule has 124 valence electrons. The van der Waals surface area contributed by atoms with Gasteiger partial charge in [0.25, 0.3) is 0 Å². The molecule has 1 aliphatic rings. The summed E-state index contributed by atoms with van der Waals surface area (Å²) in [5.74, 6) is 0.253. The minimum absolute atomic E-state index is 0.0134. The number of para-hydroxylation sites is 2. The molecule has 0 atom stereocenters. The van der Waals surface area contributed by atoms with Gasteiger partial charge in [-0.25, -0.2) is 4.79 Å². The molecule has 24 heavy (non-hydrogen) atoms. The van der Waals surface area contributed by atoms with Crippen molar-refractivity contribution in [3.63, 3.8) is 0 Å². The van der Waals surface area contributed by atoms with Crippen LogP contribution in [0, 0.1) is 0 Å². The zero-order valence-corrected chi connectivity index (χ0v) is 13.7. The van der Waals surface area contributed by atoms with Crippen LogP contribution in [0.15, 0.2) is 42.5 Å². The van der Waals surface area contributed by atoms with Crippen LogP contribution >= 0.6 is 11.6 Å². The van der Waals surface area contributed by atoms with Gasteiger partial charge in [-0.05, 0) is 30.3 Å². The van der Waals surface area contributed by atoms with Gasteiger partial charge in [0.05, 0.1) is 25.0 Å². The summed E-state index contributed by atoms with van der Waals surface area (Å²) in [7, 11) is 1.53. The number of methoxy groups -OCH3 is 1. The molecular formula is C17H15ClN2O4. The Labute approximate surface area is 143 Å². The third-order valence-corrected chi connectivity index (χ3v) is 3.76. The molecule has 0 aliphatic carbocycles. The molecule has 6 nitrogen and oxygen atoms in total. The number of rotatable bonds is 4. The number of benzene rings is 2. The van der Waals surface area contributed by atoms with E-state index >= 15 is 0 Å². The molecule has 3 rings (SSSR count). The highest BCUT2D eigenvalue weighted by molar-refractivity contribution is 6.31. The Morgan fingerprint density at radius 3 is 2.92 bits per heavy atom. The van der Waals surface area contributed by atoms with E-state index in [1.165, 1.54) is 7.11 Å². The second kappa shape index (κ2) is 6.80. The van der Waals surface area contributed by atoms with Gasteiger partial charge in [0, 0.05) is 5.02 Å². The lowest BCUT2D eigenvalue weighted by Gasteiger charge is -2.29. The lowest BCUT2D eigenvalue weighted by Crippen LogP contribution is -2.41. The molecule has 1 heterocycles. The van der Waals surface area contributed by atoms with E-state index in [4.69, 9.17) is 21.1 Å². The van der Waals surface area contributed by atoms with Crippen molar-refractivity contribution < 1.29 is 19.1 Å². The van der Waals surface area contributed by atoms with Crippen LogP contribution in [-0.4, -0.2) is 32.1 Å². The van der Waals surface area contributed by atoms with Gasteiger partial charge in [-0.15, -0.1) is 0 Å². The quantitative estimate of drug-likeness (QED) is 0.681. The van der Waals surface area contributed by atoms with Crippen molar-refractivity contribution >= 4 is 34.9 Å². The van der Waals surface area contributed by atoms with Crippen molar-refractivity contribution in [3.05, 3.63) is 47.5 Å². The Bertz CT molecular complexity index is 794. The van der Waals surface area contributed by atoms with E-state index in [0.717, 1.165) is 0 Å². The number of nitrogens with zero attached hydrogens (tertiary/aromatic N) is 1. The van der Waals surface area contributed by atoms with Crippen LogP contribution in [0.1, 0.15) is 0 Å². The van der Waals surface area contributed by atoms with Crippen molar-refractivity contribution in [2.45, 2.75) is 0 Å². The van der Waals surface area contributed by atoms with Crippen LogP contribution in [-0.2, 0) is 9.59 Å². The van der Waals surface area contributed by atoms with Crippen molar-refractivity contribution in [1.29, 1.82) is 0 Å². The van der Waals surface area contributed by atoms with Gasteiger partial charge in [-0.1, -0.05) is 23.7 Å². The molecule has 0 fully saturated rings. The summed E-state index contributed by atoms with van der Waals surface area (Å²) in [6, 6.07) is 12.0. The van der Waals surface area contributed by atoms with Gasteiger partial charge in [0.1, 0.15) is 12.3 Å². The van der Waals surface area contributed by atoms with Crippen LogP contribution in [0.3, 0.4) is 0 Å². The first-order valence-corrected chi connectivity index (χ1v) is 7.62. The molecule has 0 unspecified atom stereocenters. The number of esters is 1. The Morgan fingerprint density at radius 2 is 2.12 bits per heavy atom. The van der Waals surface area contributed by atoms with Crippen LogP contribution < -0.4 is 19.7 Å². The minimum atomic E-state index is -0.421. The second-order valence-electron chi connectivity index (χ2n) is 5.19. The van der Waals surface area contributed by atoms with E-state index in [0.29, 0.717) is 27.9 Å². The van der Waals surface area contributed by atoms with Gasteiger partial charge in [-0.3, -0.25) is 4.79 Å². The minimum Gasteiger partial charge on any atom is -0.495 e. The first kappa shape index (κ1) is 16.1. The highest BCUT2D eigenvalue weighted by Gasteiger charge is 2.26. The highest BCUT2D eigenvalue weighted by atomic mass is 35.5. The van der Waals surface area contributed by atoms with Crippen LogP contribution in [0.25, 0.3) is 0 Å². The van der Waals surface area contributed by atoms with E-state index in [-0.39, 0.29) is 19.0 Å². The first-order chi connectivity index (χ1) is 11.6. The molecule has 1 aliphatic heterocycles. The van der Waals surface area contributed by atoms with Gasteiger partial charge < -0.3 is 19.7 Å². The van der Waals surface area contributed by atoms with Crippen LogP contribution in [0.5, 0.6) is 11.5 Å². The summed E-state index contributed by atoms with van der Waals surface area (Å²) in [4.78, 5) is 25.7. The number of hydrogen-bond acceptors (Lipinski definition) is 5. The van der Waals surface area contributed by atoms with Gasteiger partial charge in [0.15, 0.2) is 5.75 Å². The number of carbonyl (C=O) groups is 2. The maximum atomic E-state index is 12.4. The van der Waals surface area contributed by atoms with Crippen molar-refractivity contribution in [2.75, 3.05) is 30.4 Å². The van der Waals surface area contributed by atoms with Crippen molar-refractivity contribution in [3.8, 4) is 11.5 Å². The summed E-state index contributed by atoms with van der Waals surface area (Å²) in [6.07, 6.45) is 0. The van der Waals surface area contributed by atoms with E-state index in [2.05, 4.69) is 5.32 Å². The Balaban J connectivity index is 1.77. The molecule has 2 aromatic rings. The summed E-state index contributed by atoms with van der Waals surface area (Å²) in [5.41, 5.74) is 1.17. The number of carbonyl (C=O) groups excluding carboxylic acids is 2. The number of amides is 1. The molecule has 0 saturated heterocycles. The number of hydrogen-bond donors (Lipinski definition) is 1. The van der Waals surface area contributed by atoms with Crippen LogP contribution in [0.4, 0.5) is 11.4 Å². The Hall–Kier alpha value is -2.73. The molecule has 1 amide bonds. The fourth-order valence-electron chi connectivity index (χ4n) is 2.47. The standard InChI is InChI=1S/C17H15ClN2O4/c1-23-14-5-3-2-4-12(14)19-16(21)9-20-10-17(22)24-15-7-6-11(18)8-13(15)20/h2-8H,9-10H2,1H3,(H,19,21). The van der Waals surface area contributed by atoms with E-state index in [1.807, 2.05) is 6.07 Å². The second-order valence-corrected chi connectivity index (χ2v) is 5.63. The SMILES string of the molecule is COc1ccccc1NC(=O)CN1CC(=O)Oc2ccc(Cl)cc21. The van der Waals surface area contributed by atoms with E-state index in [9.17, 15) is 9.59 Å². The Morgan fingerprint density at radius 1 is 1.33 bits per heavy atom. The topological polar surface area (TPSA) is 67.9 Å². The highest BCUT2D eigenvalue weighted by Crippen LogP contribution is 2.34. The maximum absolute atomic E-state index is 12.4. The average molecular weight is 347 g/mol. The van der Waals surface area contributed by atoms with Gasteiger partial charge >= 0.3 is 5.97 Å². The van der Waals surface area contributed by atoms with Crippen LogP contribution in [0.2, 0.25) is 5.02 Å². The lowest BCUT2D eigenvalue weighted by molar-refractivity contribution is -0.133. The smallest absolute Gasteiger partial charge is 0.331 e. The van der Waals surface area contributed by atoms with E-state index in [1.54, 1.807) is 41.3 Å². The molecule has 1 N–H and O–H groups in total. The largest absolute Gasteiger partial charge is 0.495 e. The predicted molar refractivity (Wildman–Crippen MR) is 90.9 cm³/mol.